The van der Waals surface area contributed by atoms with Gasteiger partial charge in [-0.25, -0.2) is 0 Å². The second-order valence-electron chi connectivity index (χ2n) is 6.08. The van der Waals surface area contributed by atoms with E-state index in [2.05, 4.69) is 5.32 Å². The van der Waals surface area contributed by atoms with Crippen molar-refractivity contribution in [3.63, 3.8) is 0 Å². The van der Waals surface area contributed by atoms with E-state index in [9.17, 15) is 4.79 Å². The number of carbonyl (C=O) groups is 1. The first kappa shape index (κ1) is 18.6. The maximum atomic E-state index is 12.4. The Balaban J connectivity index is 2.73. The second-order valence-corrected chi connectivity index (χ2v) is 6.08. The lowest BCUT2D eigenvalue weighted by molar-refractivity contribution is -0.158. The standard InChI is InChI=1S/C17H27NO4/c1-17(2,3)22-16(19)14(18-12-15(20-4)21-5)11-13-9-7-6-8-10-13/h6-10,14-15,18H,11-12H2,1-5H3/t14-/m0/s1. The number of hydrogen-bond acceptors (Lipinski definition) is 5. The van der Waals surface area contributed by atoms with Crippen molar-refractivity contribution in [3.8, 4) is 0 Å². The molecule has 0 aliphatic rings. The van der Waals surface area contributed by atoms with Crippen LogP contribution in [0, 0.1) is 0 Å². The van der Waals surface area contributed by atoms with E-state index >= 15 is 0 Å². The minimum atomic E-state index is -0.518. The molecule has 0 bridgehead atoms. The molecule has 1 aromatic carbocycles. The first-order valence-corrected chi connectivity index (χ1v) is 7.41. The molecular weight excluding hydrogens is 282 g/mol. The predicted octanol–water partition coefficient (Wildman–Crippen LogP) is 2.15. The molecule has 1 rings (SSSR count). The molecule has 22 heavy (non-hydrogen) atoms. The Bertz CT molecular complexity index is 438. The van der Waals surface area contributed by atoms with Crippen LogP contribution in [0.15, 0.2) is 30.3 Å². The lowest BCUT2D eigenvalue weighted by atomic mass is 10.1. The Morgan fingerprint density at radius 2 is 1.73 bits per heavy atom. The van der Waals surface area contributed by atoms with E-state index in [4.69, 9.17) is 14.2 Å². The van der Waals surface area contributed by atoms with Crippen LogP contribution in [0.25, 0.3) is 0 Å². The van der Waals surface area contributed by atoms with Crippen LogP contribution >= 0.6 is 0 Å². The smallest absolute Gasteiger partial charge is 0.324 e. The molecule has 0 spiro atoms. The molecule has 0 aliphatic carbocycles. The Hall–Kier alpha value is -1.43. The Morgan fingerprint density at radius 3 is 2.23 bits per heavy atom. The zero-order valence-corrected chi connectivity index (χ0v) is 14.1. The number of carbonyl (C=O) groups excluding carboxylic acids is 1. The Kier molecular flexibility index (Phi) is 7.51. The minimum absolute atomic E-state index is 0.276. The highest BCUT2D eigenvalue weighted by Gasteiger charge is 2.26. The maximum Gasteiger partial charge on any atom is 0.324 e. The van der Waals surface area contributed by atoms with E-state index in [0.717, 1.165) is 5.56 Å². The summed E-state index contributed by atoms with van der Waals surface area (Å²) in [4.78, 5) is 12.4. The molecule has 124 valence electrons. The van der Waals surface area contributed by atoms with Gasteiger partial charge in [-0.3, -0.25) is 10.1 Å². The van der Waals surface area contributed by atoms with E-state index < -0.39 is 17.9 Å². The molecular formula is C17H27NO4. The summed E-state index contributed by atoms with van der Waals surface area (Å²) >= 11 is 0. The average Bonchev–Trinajstić information content (AvgIpc) is 2.46. The van der Waals surface area contributed by atoms with E-state index in [0.29, 0.717) is 13.0 Å². The van der Waals surface area contributed by atoms with Crippen LogP contribution in [0.5, 0.6) is 0 Å². The normalized spacial score (nSPS) is 13.2. The van der Waals surface area contributed by atoms with Gasteiger partial charge in [0.2, 0.25) is 0 Å². The fourth-order valence-corrected chi connectivity index (χ4v) is 1.96. The fraction of sp³-hybridized carbons (Fsp3) is 0.588. The number of ether oxygens (including phenoxy) is 3. The molecule has 1 N–H and O–H groups in total. The summed E-state index contributed by atoms with van der Waals surface area (Å²) in [6.45, 7) is 5.98. The van der Waals surface area contributed by atoms with Gasteiger partial charge in [0.05, 0.1) is 0 Å². The van der Waals surface area contributed by atoms with Crippen LogP contribution in [0.2, 0.25) is 0 Å². The Morgan fingerprint density at radius 1 is 1.14 bits per heavy atom. The van der Waals surface area contributed by atoms with Crippen LogP contribution in [-0.2, 0) is 25.4 Å². The molecule has 0 saturated heterocycles. The summed E-state index contributed by atoms with van der Waals surface area (Å²) in [6, 6.07) is 9.38. The first-order valence-electron chi connectivity index (χ1n) is 7.41. The molecule has 5 nitrogen and oxygen atoms in total. The largest absolute Gasteiger partial charge is 0.459 e. The van der Waals surface area contributed by atoms with Gasteiger partial charge in [0, 0.05) is 20.8 Å². The minimum Gasteiger partial charge on any atom is -0.459 e. The summed E-state index contributed by atoms with van der Waals surface area (Å²) < 4.78 is 15.8. The average molecular weight is 309 g/mol. The molecule has 0 unspecified atom stereocenters. The zero-order chi connectivity index (χ0) is 16.6. The van der Waals surface area contributed by atoms with Gasteiger partial charge in [0.25, 0.3) is 0 Å². The maximum absolute atomic E-state index is 12.4. The molecule has 0 heterocycles. The van der Waals surface area contributed by atoms with Gasteiger partial charge in [-0.1, -0.05) is 30.3 Å². The van der Waals surface area contributed by atoms with E-state index in [1.54, 1.807) is 14.2 Å². The van der Waals surface area contributed by atoms with E-state index in [1.165, 1.54) is 0 Å². The number of benzene rings is 1. The van der Waals surface area contributed by atoms with Crippen molar-refractivity contribution in [1.29, 1.82) is 0 Å². The zero-order valence-electron chi connectivity index (χ0n) is 14.1. The number of methoxy groups -OCH3 is 2. The van der Waals surface area contributed by atoms with Gasteiger partial charge in [-0.15, -0.1) is 0 Å². The van der Waals surface area contributed by atoms with Crippen molar-refractivity contribution >= 4 is 5.97 Å². The van der Waals surface area contributed by atoms with E-state index in [1.807, 2.05) is 51.1 Å². The van der Waals surface area contributed by atoms with E-state index in [-0.39, 0.29) is 5.97 Å². The summed E-state index contributed by atoms with van der Waals surface area (Å²) in [5.74, 6) is -0.276. The van der Waals surface area contributed by atoms with Gasteiger partial charge < -0.3 is 14.2 Å². The molecule has 0 saturated carbocycles. The highest BCUT2D eigenvalue weighted by Crippen LogP contribution is 2.11. The van der Waals surface area contributed by atoms with Crippen LogP contribution in [0.3, 0.4) is 0 Å². The van der Waals surface area contributed by atoms with Crippen molar-refractivity contribution in [3.05, 3.63) is 35.9 Å². The van der Waals surface area contributed by atoms with Crippen molar-refractivity contribution in [2.45, 2.75) is 45.1 Å². The lowest BCUT2D eigenvalue weighted by Crippen LogP contribution is -2.46. The topological polar surface area (TPSA) is 56.8 Å². The van der Waals surface area contributed by atoms with Gasteiger partial charge in [0.15, 0.2) is 6.29 Å². The van der Waals surface area contributed by atoms with Gasteiger partial charge in [0.1, 0.15) is 11.6 Å². The summed E-state index contributed by atoms with van der Waals surface area (Å²) in [6.07, 6.45) is 0.149. The first-order chi connectivity index (χ1) is 10.4. The highest BCUT2D eigenvalue weighted by atomic mass is 16.7. The fourth-order valence-electron chi connectivity index (χ4n) is 1.96. The van der Waals surface area contributed by atoms with Crippen molar-refractivity contribution < 1.29 is 19.0 Å². The number of hydrogen-bond donors (Lipinski definition) is 1. The number of esters is 1. The molecule has 1 atom stereocenters. The highest BCUT2D eigenvalue weighted by molar-refractivity contribution is 5.76. The predicted molar refractivity (Wildman–Crippen MR) is 85.6 cm³/mol. The number of nitrogens with one attached hydrogen (secondary N) is 1. The van der Waals surface area contributed by atoms with Crippen LogP contribution in [-0.4, -0.2) is 44.7 Å². The lowest BCUT2D eigenvalue weighted by Gasteiger charge is -2.25. The van der Waals surface area contributed by atoms with Crippen LogP contribution in [0.1, 0.15) is 26.3 Å². The van der Waals surface area contributed by atoms with Crippen LogP contribution < -0.4 is 5.32 Å². The third-order valence-corrected chi connectivity index (χ3v) is 3.03. The molecule has 0 radical (unpaired) electrons. The SMILES string of the molecule is COC(CN[C@@H](Cc1ccccc1)C(=O)OC(C)(C)C)OC. The van der Waals surface area contributed by atoms with Crippen molar-refractivity contribution in [1.82, 2.24) is 5.32 Å². The molecule has 1 aromatic rings. The monoisotopic (exact) mass is 309 g/mol. The molecule has 0 fully saturated rings. The molecule has 0 aliphatic heterocycles. The van der Waals surface area contributed by atoms with Gasteiger partial charge in [-0.2, -0.15) is 0 Å². The third kappa shape index (κ3) is 7.02. The number of rotatable bonds is 8. The van der Waals surface area contributed by atoms with Gasteiger partial charge >= 0.3 is 5.97 Å². The van der Waals surface area contributed by atoms with Gasteiger partial charge in [-0.05, 0) is 32.8 Å². The van der Waals surface area contributed by atoms with Crippen molar-refractivity contribution in [2.24, 2.45) is 0 Å². The summed E-state index contributed by atoms with van der Waals surface area (Å²) in [5.41, 5.74) is 0.549. The Labute approximate surface area is 132 Å². The molecule has 0 amide bonds. The quantitative estimate of drug-likeness (QED) is 0.589. The second kappa shape index (κ2) is 8.88. The van der Waals surface area contributed by atoms with Crippen molar-refractivity contribution in [2.75, 3.05) is 20.8 Å². The summed E-state index contributed by atoms with van der Waals surface area (Å²) in [5, 5.41) is 3.17. The van der Waals surface area contributed by atoms with Crippen LogP contribution in [0.4, 0.5) is 0 Å². The third-order valence-electron chi connectivity index (χ3n) is 3.03. The summed E-state index contributed by atoms with van der Waals surface area (Å²) in [7, 11) is 3.13. The molecule has 5 heteroatoms. The molecule has 0 aromatic heterocycles.